The molecule has 0 aliphatic rings. The van der Waals surface area contributed by atoms with Crippen molar-refractivity contribution in [2.24, 2.45) is 0 Å². The van der Waals surface area contributed by atoms with E-state index in [1.54, 1.807) is 12.1 Å². The molecule has 0 saturated carbocycles. The Labute approximate surface area is 129 Å². The second-order valence-electron chi connectivity index (χ2n) is 6.03. The largest absolute Gasteiger partial charge is 0.371 e. The van der Waals surface area contributed by atoms with E-state index in [1.165, 1.54) is 12.1 Å². The van der Waals surface area contributed by atoms with E-state index in [0.717, 1.165) is 30.2 Å². The molecular formula is C16H20FN3S. The van der Waals surface area contributed by atoms with E-state index in [1.807, 2.05) is 6.07 Å². The molecule has 0 atom stereocenters. The molecule has 1 aromatic carbocycles. The number of H-pyrrole nitrogens is 1. The first-order valence-electron chi connectivity index (χ1n) is 6.95. The molecule has 2 aromatic rings. The number of halogens is 1. The molecule has 0 saturated heterocycles. The van der Waals surface area contributed by atoms with Gasteiger partial charge in [0.25, 0.3) is 0 Å². The van der Waals surface area contributed by atoms with Crippen LogP contribution in [-0.4, -0.2) is 16.5 Å². The van der Waals surface area contributed by atoms with Gasteiger partial charge in [0.2, 0.25) is 0 Å². The summed E-state index contributed by atoms with van der Waals surface area (Å²) >= 11 is 5.20. The van der Waals surface area contributed by atoms with Gasteiger partial charge >= 0.3 is 0 Å². The molecule has 0 bridgehead atoms. The lowest BCUT2D eigenvalue weighted by atomic mass is 9.96. The van der Waals surface area contributed by atoms with Crippen LogP contribution < -0.4 is 5.32 Å². The van der Waals surface area contributed by atoms with E-state index >= 15 is 0 Å². The standard InChI is InChI=1S/C16H20FN3S/c1-16(2,3)15-19-13(10-14(21)20-15)18-9-8-11-4-6-12(17)7-5-11/h4-7,10H,8-9H2,1-3H3,(H2,18,19,20,21). The van der Waals surface area contributed by atoms with Crippen LogP contribution in [0.15, 0.2) is 30.3 Å². The summed E-state index contributed by atoms with van der Waals surface area (Å²) in [7, 11) is 0. The quantitative estimate of drug-likeness (QED) is 0.831. The highest BCUT2D eigenvalue weighted by Crippen LogP contribution is 2.19. The molecule has 0 spiro atoms. The SMILES string of the molecule is CC(C)(C)c1nc(=S)cc(NCCc2ccc(F)cc2)[nH]1. The predicted molar refractivity (Wildman–Crippen MR) is 86.7 cm³/mol. The van der Waals surface area contributed by atoms with Crippen molar-refractivity contribution >= 4 is 18.0 Å². The average molecular weight is 305 g/mol. The number of rotatable bonds is 4. The molecule has 0 fully saturated rings. The van der Waals surface area contributed by atoms with E-state index in [4.69, 9.17) is 12.2 Å². The van der Waals surface area contributed by atoms with Crippen LogP contribution in [0.1, 0.15) is 32.2 Å². The first kappa shape index (κ1) is 15.6. The lowest BCUT2D eigenvalue weighted by molar-refractivity contribution is 0.545. The van der Waals surface area contributed by atoms with Crippen molar-refractivity contribution in [2.45, 2.75) is 32.6 Å². The maximum atomic E-state index is 12.8. The smallest absolute Gasteiger partial charge is 0.131 e. The van der Waals surface area contributed by atoms with Crippen molar-refractivity contribution in [1.82, 2.24) is 9.97 Å². The molecule has 0 aliphatic heterocycles. The molecule has 0 radical (unpaired) electrons. The van der Waals surface area contributed by atoms with Gasteiger partial charge in [-0.3, -0.25) is 0 Å². The number of hydrogen-bond acceptors (Lipinski definition) is 3. The maximum absolute atomic E-state index is 12.8. The van der Waals surface area contributed by atoms with Crippen LogP contribution in [0.5, 0.6) is 0 Å². The summed E-state index contributed by atoms with van der Waals surface area (Å²) < 4.78 is 13.4. The second-order valence-corrected chi connectivity index (χ2v) is 6.45. The van der Waals surface area contributed by atoms with Gasteiger partial charge in [0, 0.05) is 18.0 Å². The van der Waals surface area contributed by atoms with Crippen LogP contribution in [0.2, 0.25) is 0 Å². The maximum Gasteiger partial charge on any atom is 0.131 e. The Kier molecular flexibility index (Phi) is 4.73. The first-order chi connectivity index (χ1) is 9.84. The minimum atomic E-state index is -0.209. The highest BCUT2D eigenvalue weighted by Gasteiger charge is 2.16. The average Bonchev–Trinajstić information content (AvgIpc) is 2.39. The molecule has 112 valence electrons. The fraction of sp³-hybridized carbons (Fsp3) is 0.375. The van der Waals surface area contributed by atoms with Gasteiger partial charge in [0.15, 0.2) is 0 Å². The highest BCUT2D eigenvalue weighted by atomic mass is 32.1. The van der Waals surface area contributed by atoms with Gasteiger partial charge < -0.3 is 10.3 Å². The molecule has 5 heteroatoms. The van der Waals surface area contributed by atoms with E-state index in [-0.39, 0.29) is 11.2 Å². The van der Waals surface area contributed by atoms with Crippen molar-refractivity contribution in [1.29, 1.82) is 0 Å². The number of anilines is 1. The number of nitrogens with zero attached hydrogens (tertiary/aromatic N) is 1. The number of aromatic nitrogens is 2. The Balaban J connectivity index is 2.02. The van der Waals surface area contributed by atoms with E-state index in [2.05, 4.69) is 36.1 Å². The Morgan fingerprint density at radius 2 is 1.90 bits per heavy atom. The zero-order valence-corrected chi connectivity index (χ0v) is 13.4. The number of nitrogens with one attached hydrogen (secondary N) is 2. The predicted octanol–water partition coefficient (Wildman–Crippen LogP) is 4.23. The Hall–Kier alpha value is -1.75. The topological polar surface area (TPSA) is 40.7 Å². The van der Waals surface area contributed by atoms with Gasteiger partial charge in [0.1, 0.15) is 22.1 Å². The van der Waals surface area contributed by atoms with E-state index < -0.39 is 0 Å². The van der Waals surface area contributed by atoms with Crippen molar-refractivity contribution in [3.05, 3.63) is 52.2 Å². The minimum absolute atomic E-state index is 0.0811. The van der Waals surface area contributed by atoms with E-state index in [9.17, 15) is 4.39 Å². The summed E-state index contributed by atoms with van der Waals surface area (Å²) in [5.41, 5.74) is 1.01. The summed E-state index contributed by atoms with van der Waals surface area (Å²) in [6.07, 6.45) is 0.814. The van der Waals surface area contributed by atoms with Gasteiger partial charge in [-0.15, -0.1) is 0 Å². The number of benzene rings is 1. The van der Waals surface area contributed by atoms with Gasteiger partial charge in [-0.2, -0.15) is 0 Å². The summed E-state index contributed by atoms with van der Waals surface area (Å²) in [6.45, 7) is 7.00. The Bertz CT molecular complexity index is 656. The third-order valence-corrected chi connectivity index (χ3v) is 3.30. The first-order valence-corrected chi connectivity index (χ1v) is 7.35. The van der Waals surface area contributed by atoms with Gasteiger partial charge in [-0.1, -0.05) is 45.1 Å². The molecule has 0 amide bonds. The fourth-order valence-electron chi connectivity index (χ4n) is 1.90. The number of hydrogen-bond donors (Lipinski definition) is 2. The van der Waals surface area contributed by atoms with Gasteiger partial charge in [0.05, 0.1) is 0 Å². The number of aromatic amines is 1. The van der Waals surface area contributed by atoms with Crippen LogP contribution in [0.3, 0.4) is 0 Å². The van der Waals surface area contributed by atoms with Crippen molar-refractivity contribution in [3.63, 3.8) is 0 Å². The molecule has 0 aliphatic carbocycles. The minimum Gasteiger partial charge on any atom is -0.371 e. The monoisotopic (exact) mass is 305 g/mol. The van der Waals surface area contributed by atoms with Crippen LogP contribution in [0.4, 0.5) is 10.2 Å². The summed E-state index contributed by atoms with van der Waals surface area (Å²) in [4.78, 5) is 7.63. The zero-order valence-electron chi connectivity index (χ0n) is 12.5. The fourth-order valence-corrected chi connectivity index (χ4v) is 2.11. The zero-order chi connectivity index (χ0) is 15.5. The lowest BCUT2D eigenvalue weighted by Crippen LogP contribution is -2.17. The van der Waals surface area contributed by atoms with Crippen LogP contribution >= 0.6 is 12.2 Å². The summed E-state index contributed by atoms with van der Waals surface area (Å²) in [5, 5.41) is 3.31. The molecule has 21 heavy (non-hydrogen) atoms. The third kappa shape index (κ3) is 4.63. The summed E-state index contributed by atoms with van der Waals surface area (Å²) in [6, 6.07) is 8.37. The molecular weight excluding hydrogens is 285 g/mol. The molecule has 1 heterocycles. The van der Waals surface area contributed by atoms with Crippen molar-refractivity contribution in [3.8, 4) is 0 Å². The highest BCUT2D eigenvalue weighted by molar-refractivity contribution is 7.71. The second kappa shape index (κ2) is 6.35. The van der Waals surface area contributed by atoms with Gasteiger partial charge in [-0.25, -0.2) is 9.37 Å². The normalized spacial score (nSPS) is 11.4. The van der Waals surface area contributed by atoms with Crippen molar-refractivity contribution < 1.29 is 4.39 Å². The van der Waals surface area contributed by atoms with Crippen LogP contribution in [-0.2, 0) is 11.8 Å². The molecule has 3 nitrogen and oxygen atoms in total. The van der Waals surface area contributed by atoms with E-state index in [0.29, 0.717) is 4.64 Å². The third-order valence-electron chi connectivity index (χ3n) is 3.10. The summed E-state index contributed by atoms with van der Waals surface area (Å²) in [5.74, 6) is 1.51. The molecule has 2 N–H and O–H groups in total. The molecule has 0 unspecified atom stereocenters. The Morgan fingerprint density at radius 3 is 2.52 bits per heavy atom. The van der Waals surface area contributed by atoms with Crippen LogP contribution in [0, 0.1) is 10.5 Å². The van der Waals surface area contributed by atoms with Crippen LogP contribution in [0.25, 0.3) is 0 Å². The molecule has 2 rings (SSSR count). The Morgan fingerprint density at radius 1 is 1.24 bits per heavy atom. The lowest BCUT2D eigenvalue weighted by Gasteiger charge is -2.18. The van der Waals surface area contributed by atoms with Gasteiger partial charge in [-0.05, 0) is 24.1 Å². The molecule has 1 aromatic heterocycles. The van der Waals surface area contributed by atoms with Crippen molar-refractivity contribution in [2.75, 3.05) is 11.9 Å².